The Balaban J connectivity index is 1.58. The predicted octanol–water partition coefficient (Wildman–Crippen LogP) is 2.28. The largest absolute Gasteiger partial charge is 0.340 e. The van der Waals surface area contributed by atoms with Crippen molar-refractivity contribution in [2.45, 2.75) is 38.6 Å². The minimum atomic E-state index is 0.147. The predicted molar refractivity (Wildman–Crippen MR) is 78.9 cm³/mol. The van der Waals surface area contributed by atoms with Crippen LogP contribution in [0.15, 0.2) is 12.1 Å². The fraction of sp³-hybridized carbons (Fsp3) is 0.600. The standard InChI is InChI=1S/C15H20N2O2S/c1-11-4-5-13(20-11)15(19)16-9-6-12(7-10-16)17-8-2-3-14(17)18/h4-5,12H,2-3,6-10H2,1H3. The summed E-state index contributed by atoms with van der Waals surface area (Å²) in [5, 5.41) is 0. The van der Waals surface area contributed by atoms with E-state index in [1.807, 2.05) is 28.9 Å². The minimum Gasteiger partial charge on any atom is -0.340 e. The van der Waals surface area contributed by atoms with Crippen LogP contribution < -0.4 is 0 Å². The molecule has 2 saturated heterocycles. The van der Waals surface area contributed by atoms with Crippen molar-refractivity contribution < 1.29 is 9.59 Å². The lowest BCUT2D eigenvalue weighted by Crippen LogP contribution is -2.47. The Hall–Kier alpha value is -1.36. The third kappa shape index (κ3) is 2.59. The van der Waals surface area contributed by atoms with Crippen molar-refractivity contribution in [3.05, 3.63) is 21.9 Å². The van der Waals surface area contributed by atoms with Crippen molar-refractivity contribution in [3.8, 4) is 0 Å². The Morgan fingerprint density at radius 1 is 1.25 bits per heavy atom. The van der Waals surface area contributed by atoms with Gasteiger partial charge in [0.2, 0.25) is 5.91 Å². The van der Waals surface area contributed by atoms with Crippen LogP contribution in [0, 0.1) is 6.92 Å². The van der Waals surface area contributed by atoms with Crippen molar-refractivity contribution in [3.63, 3.8) is 0 Å². The van der Waals surface area contributed by atoms with E-state index in [1.165, 1.54) is 4.88 Å². The second kappa shape index (κ2) is 5.56. The molecule has 3 heterocycles. The summed E-state index contributed by atoms with van der Waals surface area (Å²) >= 11 is 1.56. The van der Waals surface area contributed by atoms with Crippen molar-refractivity contribution >= 4 is 23.2 Å². The van der Waals surface area contributed by atoms with Gasteiger partial charge in [0.15, 0.2) is 0 Å². The molecule has 4 nitrogen and oxygen atoms in total. The molecule has 0 bridgehead atoms. The van der Waals surface area contributed by atoms with Gasteiger partial charge in [-0.3, -0.25) is 9.59 Å². The van der Waals surface area contributed by atoms with Gasteiger partial charge in [-0.1, -0.05) is 0 Å². The molecule has 1 aromatic rings. The number of piperidine rings is 1. The van der Waals surface area contributed by atoms with E-state index < -0.39 is 0 Å². The van der Waals surface area contributed by atoms with Gasteiger partial charge in [0.25, 0.3) is 5.91 Å². The van der Waals surface area contributed by atoms with Crippen LogP contribution in [0.5, 0.6) is 0 Å². The molecule has 108 valence electrons. The molecule has 0 spiro atoms. The lowest BCUT2D eigenvalue weighted by molar-refractivity contribution is -0.130. The first-order valence-corrected chi connectivity index (χ1v) is 8.12. The van der Waals surface area contributed by atoms with Gasteiger partial charge in [-0.25, -0.2) is 0 Å². The molecule has 1 aromatic heterocycles. The Morgan fingerprint density at radius 2 is 2.00 bits per heavy atom. The molecule has 0 N–H and O–H groups in total. The van der Waals surface area contributed by atoms with Gasteiger partial charge in [0, 0.05) is 37.0 Å². The highest BCUT2D eigenvalue weighted by Gasteiger charge is 2.32. The number of carbonyl (C=O) groups is 2. The highest BCUT2D eigenvalue weighted by atomic mass is 32.1. The normalized spacial score (nSPS) is 20.8. The summed E-state index contributed by atoms with van der Waals surface area (Å²) in [7, 11) is 0. The van der Waals surface area contributed by atoms with E-state index in [-0.39, 0.29) is 5.91 Å². The van der Waals surface area contributed by atoms with Crippen LogP contribution in [-0.4, -0.2) is 47.3 Å². The molecule has 2 fully saturated rings. The SMILES string of the molecule is Cc1ccc(C(=O)N2CCC(N3CCCC3=O)CC2)s1. The smallest absolute Gasteiger partial charge is 0.263 e. The summed E-state index contributed by atoms with van der Waals surface area (Å²) in [6, 6.07) is 4.26. The topological polar surface area (TPSA) is 40.6 Å². The van der Waals surface area contributed by atoms with E-state index in [0.29, 0.717) is 18.4 Å². The number of likely N-dealkylation sites (tertiary alicyclic amines) is 2. The van der Waals surface area contributed by atoms with Crippen LogP contribution in [0.3, 0.4) is 0 Å². The van der Waals surface area contributed by atoms with Gasteiger partial charge in [-0.15, -0.1) is 11.3 Å². The number of nitrogens with zero attached hydrogens (tertiary/aromatic N) is 2. The maximum atomic E-state index is 12.4. The number of hydrogen-bond acceptors (Lipinski definition) is 3. The molecule has 20 heavy (non-hydrogen) atoms. The van der Waals surface area contributed by atoms with Gasteiger partial charge < -0.3 is 9.80 Å². The van der Waals surface area contributed by atoms with E-state index in [0.717, 1.165) is 43.8 Å². The molecule has 2 aliphatic rings. The first-order chi connectivity index (χ1) is 9.65. The van der Waals surface area contributed by atoms with E-state index in [9.17, 15) is 9.59 Å². The van der Waals surface area contributed by atoms with Gasteiger partial charge in [-0.05, 0) is 38.3 Å². The molecule has 0 aliphatic carbocycles. The fourth-order valence-electron chi connectivity index (χ4n) is 3.14. The van der Waals surface area contributed by atoms with Crippen molar-refractivity contribution in [2.24, 2.45) is 0 Å². The first-order valence-electron chi connectivity index (χ1n) is 7.30. The molecule has 3 rings (SSSR count). The molecule has 0 unspecified atom stereocenters. The summed E-state index contributed by atoms with van der Waals surface area (Å²) < 4.78 is 0. The number of thiophene rings is 1. The lowest BCUT2D eigenvalue weighted by atomic mass is 10.0. The summed E-state index contributed by atoms with van der Waals surface area (Å²) in [5.41, 5.74) is 0. The molecule has 0 saturated carbocycles. The zero-order valence-electron chi connectivity index (χ0n) is 11.8. The number of carbonyl (C=O) groups excluding carboxylic acids is 2. The van der Waals surface area contributed by atoms with Crippen molar-refractivity contribution in [1.82, 2.24) is 9.80 Å². The zero-order valence-corrected chi connectivity index (χ0v) is 12.6. The van der Waals surface area contributed by atoms with E-state index in [2.05, 4.69) is 0 Å². The summed E-state index contributed by atoms with van der Waals surface area (Å²) in [6.07, 6.45) is 3.53. The fourth-order valence-corrected chi connectivity index (χ4v) is 3.98. The van der Waals surface area contributed by atoms with Crippen LogP contribution in [-0.2, 0) is 4.79 Å². The Labute approximate surface area is 123 Å². The Kier molecular flexibility index (Phi) is 3.78. The number of amides is 2. The lowest BCUT2D eigenvalue weighted by Gasteiger charge is -2.36. The van der Waals surface area contributed by atoms with Crippen LogP contribution in [0.1, 0.15) is 40.2 Å². The molecule has 0 aromatic carbocycles. The first kappa shape index (κ1) is 13.6. The Bertz CT molecular complexity index is 518. The molecule has 0 radical (unpaired) electrons. The van der Waals surface area contributed by atoms with Crippen LogP contribution >= 0.6 is 11.3 Å². The second-order valence-corrected chi connectivity index (χ2v) is 6.91. The number of hydrogen-bond donors (Lipinski definition) is 0. The number of rotatable bonds is 2. The number of aryl methyl sites for hydroxylation is 1. The molecule has 0 atom stereocenters. The second-order valence-electron chi connectivity index (χ2n) is 5.62. The molecule has 2 amide bonds. The molecule has 2 aliphatic heterocycles. The van der Waals surface area contributed by atoms with Gasteiger partial charge in [-0.2, -0.15) is 0 Å². The highest BCUT2D eigenvalue weighted by molar-refractivity contribution is 7.13. The maximum Gasteiger partial charge on any atom is 0.263 e. The average molecular weight is 292 g/mol. The molecular formula is C15H20N2O2S. The van der Waals surface area contributed by atoms with Crippen LogP contribution in [0.25, 0.3) is 0 Å². The van der Waals surface area contributed by atoms with E-state index in [4.69, 9.17) is 0 Å². The summed E-state index contributed by atoms with van der Waals surface area (Å²) in [6.45, 7) is 4.46. The third-order valence-electron chi connectivity index (χ3n) is 4.25. The van der Waals surface area contributed by atoms with Gasteiger partial charge in [0.05, 0.1) is 4.88 Å². The van der Waals surface area contributed by atoms with Crippen molar-refractivity contribution in [1.29, 1.82) is 0 Å². The molecule has 5 heteroatoms. The maximum absolute atomic E-state index is 12.4. The van der Waals surface area contributed by atoms with Crippen molar-refractivity contribution in [2.75, 3.05) is 19.6 Å². The third-order valence-corrected chi connectivity index (χ3v) is 5.24. The zero-order chi connectivity index (χ0) is 14.1. The average Bonchev–Trinajstić information content (AvgIpc) is 3.07. The van der Waals surface area contributed by atoms with Crippen LogP contribution in [0.4, 0.5) is 0 Å². The van der Waals surface area contributed by atoms with Gasteiger partial charge in [0.1, 0.15) is 0 Å². The monoisotopic (exact) mass is 292 g/mol. The van der Waals surface area contributed by atoms with E-state index >= 15 is 0 Å². The van der Waals surface area contributed by atoms with Gasteiger partial charge >= 0.3 is 0 Å². The van der Waals surface area contributed by atoms with E-state index in [1.54, 1.807) is 11.3 Å². The minimum absolute atomic E-state index is 0.147. The highest BCUT2D eigenvalue weighted by Crippen LogP contribution is 2.24. The quantitative estimate of drug-likeness (QED) is 0.839. The molecular weight excluding hydrogens is 272 g/mol. The summed E-state index contributed by atoms with van der Waals surface area (Å²) in [5.74, 6) is 0.443. The summed E-state index contributed by atoms with van der Waals surface area (Å²) in [4.78, 5) is 30.1. The Morgan fingerprint density at radius 3 is 2.55 bits per heavy atom. The van der Waals surface area contributed by atoms with Crippen LogP contribution in [0.2, 0.25) is 0 Å².